The van der Waals surface area contributed by atoms with Gasteiger partial charge in [0.15, 0.2) is 0 Å². The van der Waals surface area contributed by atoms with E-state index < -0.39 is 21.5 Å². The Labute approximate surface area is 166 Å². The first kappa shape index (κ1) is 22.3. The van der Waals surface area contributed by atoms with Crippen LogP contribution in [-0.4, -0.2) is 57.0 Å². The maximum atomic E-state index is 12.5. The van der Waals surface area contributed by atoms with Gasteiger partial charge in [0.1, 0.15) is 0 Å². The molecule has 1 aliphatic heterocycles. The summed E-state index contributed by atoms with van der Waals surface area (Å²) in [6.45, 7) is 7.93. The summed E-state index contributed by atoms with van der Waals surface area (Å²) in [6.07, 6.45) is 0.155. The maximum absolute atomic E-state index is 12.5. The summed E-state index contributed by atoms with van der Waals surface area (Å²) in [7, 11) is -2.06. The zero-order valence-corrected chi connectivity index (χ0v) is 17.8. The van der Waals surface area contributed by atoms with Gasteiger partial charge in [-0.1, -0.05) is 0 Å². The predicted octanol–water partition coefficient (Wildman–Crippen LogP) is 1.59. The fourth-order valence-electron chi connectivity index (χ4n) is 3.09. The fraction of sp³-hybridized carbons (Fsp3) is 0.579. The molecule has 0 spiro atoms. The van der Waals surface area contributed by atoms with Gasteiger partial charge in [-0.3, -0.25) is 9.59 Å². The number of hydrogen-bond donors (Lipinski definition) is 2. The lowest BCUT2D eigenvalue weighted by Gasteiger charge is -2.23. The van der Waals surface area contributed by atoms with Crippen LogP contribution < -0.4 is 10.0 Å². The second-order valence-electron chi connectivity index (χ2n) is 8.12. The lowest BCUT2D eigenvalue weighted by Crippen LogP contribution is -2.40. The second-order valence-corrected chi connectivity index (χ2v) is 9.80. The van der Waals surface area contributed by atoms with Crippen LogP contribution in [0.25, 0.3) is 0 Å². The highest BCUT2D eigenvalue weighted by Crippen LogP contribution is 2.23. The van der Waals surface area contributed by atoms with Crippen molar-refractivity contribution in [2.45, 2.75) is 50.6 Å². The Kier molecular flexibility index (Phi) is 6.84. The molecule has 0 aliphatic carbocycles. The van der Waals surface area contributed by atoms with Crippen molar-refractivity contribution in [1.29, 1.82) is 0 Å². The van der Waals surface area contributed by atoms with Crippen LogP contribution in [0.5, 0.6) is 0 Å². The molecule has 8 nitrogen and oxygen atoms in total. The van der Waals surface area contributed by atoms with Crippen LogP contribution in [0.15, 0.2) is 29.2 Å². The van der Waals surface area contributed by atoms with Crippen LogP contribution in [-0.2, 0) is 24.3 Å². The Morgan fingerprint density at radius 1 is 1.29 bits per heavy atom. The summed E-state index contributed by atoms with van der Waals surface area (Å²) in [6, 6.07) is 5.87. The molecule has 2 N–H and O–H groups in total. The first-order chi connectivity index (χ1) is 12.9. The summed E-state index contributed by atoms with van der Waals surface area (Å²) in [5.41, 5.74) is -0.109. The van der Waals surface area contributed by atoms with Crippen LogP contribution in [0.2, 0.25) is 0 Å². The highest BCUT2D eigenvalue weighted by molar-refractivity contribution is 7.89. The molecule has 2 rings (SSSR count). The lowest BCUT2D eigenvalue weighted by atomic mass is 10.1. The van der Waals surface area contributed by atoms with Crippen LogP contribution in [0.4, 0.5) is 5.69 Å². The molecule has 28 heavy (non-hydrogen) atoms. The average molecular weight is 412 g/mol. The van der Waals surface area contributed by atoms with Crippen molar-refractivity contribution in [2.75, 3.05) is 25.6 Å². The number of sulfonamides is 1. The quantitative estimate of drug-likeness (QED) is 0.709. The van der Waals surface area contributed by atoms with Gasteiger partial charge in [0, 0.05) is 31.3 Å². The van der Waals surface area contributed by atoms with Gasteiger partial charge in [0.05, 0.1) is 23.5 Å². The van der Waals surface area contributed by atoms with Crippen molar-refractivity contribution in [3.8, 4) is 0 Å². The van der Waals surface area contributed by atoms with Crippen molar-refractivity contribution in [2.24, 2.45) is 5.92 Å². The molecule has 1 aromatic carbocycles. The van der Waals surface area contributed by atoms with E-state index in [4.69, 9.17) is 4.74 Å². The molecule has 1 saturated heterocycles. The minimum Gasteiger partial charge on any atom is -0.383 e. The summed E-state index contributed by atoms with van der Waals surface area (Å²) in [4.78, 5) is 26.4. The van der Waals surface area contributed by atoms with Crippen molar-refractivity contribution >= 4 is 27.5 Å². The van der Waals surface area contributed by atoms with E-state index in [9.17, 15) is 18.0 Å². The first-order valence-electron chi connectivity index (χ1n) is 9.16. The number of rotatable bonds is 7. The summed E-state index contributed by atoms with van der Waals surface area (Å²) in [5, 5.41) is 2.76. The standard InChI is InChI=1S/C19H29N3O5S/c1-13(12-27-5)22-11-14(10-17(22)23)18(24)20-15-6-8-16(9-7-15)28(25,26)21-19(2,3)4/h6-9,13-14,21H,10-12H2,1-5H3,(H,20,24)/t13-,14-/m1/s1. The van der Waals surface area contributed by atoms with Gasteiger partial charge in [-0.15, -0.1) is 0 Å². The number of methoxy groups -OCH3 is 1. The van der Waals surface area contributed by atoms with Crippen molar-refractivity contribution in [3.05, 3.63) is 24.3 Å². The number of carbonyl (C=O) groups excluding carboxylic acids is 2. The molecular weight excluding hydrogens is 382 g/mol. The Morgan fingerprint density at radius 3 is 2.43 bits per heavy atom. The lowest BCUT2D eigenvalue weighted by molar-refractivity contribution is -0.130. The molecule has 0 bridgehead atoms. The SMILES string of the molecule is COC[C@@H](C)N1C[C@H](C(=O)Nc2ccc(S(=O)(=O)NC(C)(C)C)cc2)CC1=O. The third-order valence-electron chi connectivity index (χ3n) is 4.34. The van der Waals surface area contributed by atoms with Crippen LogP contribution in [0, 0.1) is 5.92 Å². The molecule has 2 amide bonds. The summed E-state index contributed by atoms with van der Waals surface area (Å²) < 4.78 is 32.3. The number of nitrogens with zero attached hydrogens (tertiary/aromatic N) is 1. The Hall–Kier alpha value is -1.97. The molecule has 9 heteroatoms. The highest BCUT2D eigenvalue weighted by Gasteiger charge is 2.36. The van der Waals surface area contributed by atoms with Gasteiger partial charge < -0.3 is 15.0 Å². The number of hydrogen-bond acceptors (Lipinski definition) is 5. The largest absolute Gasteiger partial charge is 0.383 e. The van der Waals surface area contributed by atoms with Gasteiger partial charge in [0.25, 0.3) is 0 Å². The van der Waals surface area contributed by atoms with Gasteiger partial charge in [0.2, 0.25) is 21.8 Å². The van der Waals surface area contributed by atoms with E-state index in [-0.39, 0.29) is 29.2 Å². The maximum Gasteiger partial charge on any atom is 0.241 e. The molecule has 1 fully saturated rings. The van der Waals surface area contributed by atoms with E-state index in [0.29, 0.717) is 18.8 Å². The van der Waals surface area contributed by atoms with E-state index in [2.05, 4.69) is 10.0 Å². The molecule has 1 heterocycles. The zero-order chi connectivity index (χ0) is 21.1. The molecule has 0 unspecified atom stereocenters. The molecule has 0 saturated carbocycles. The number of benzene rings is 1. The van der Waals surface area contributed by atoms with Crippen LogP contribution >= 0.6 is 0 Å². The van der Waals surface area contributed by atoms with E-state index in [1.807, 2.05) is 6.92 Å². The molecule has 2 atom stereocenters. The van der Waals surface area contributed by atoms with Crippen LogP contribution in [0.3, 0.4) is 0 Å². The fourth-order valence-corrected chi connectivity index (χ4v) is 4.51. The number of anilines is 1. The number of ether oxygens (including phenoxy) is 1. The Bertz CT molecular complexity index is 815. The summed E-state index contributed by atoms with van der Waals surface area (Å²) >= 11 is 0. The average Bonchev–Trinajstić information content (AvgIpc) is 2.95. The first-order valence-corrected chi connectivity index (χ1v) is 10.6. The zero-order valence-electron chi connectivity index (χ0n) is 17.0. The molecule has 0 aromatic heterocycles. The van der Waals surface area contributed by atoms with Crippen molar-refractivity contribution < 1.29 is 22.7 Å². The topological polar surface area (TPSA) is 105 Å². The van der Waals surface area contributed by atoms with E-state index in [0.717, 1.165) is 0 Å². The predicted molar refractivity (Wildman–Crippen MR) is 106 cm³/mol. The Morgan fingerprint density at radius 2 is 1.89 bits per heavy atom. The number of carbonyl (C=O) groups is 2. The number of amides is 2. The third-order valence-corrected chi connectivity index (χ3v) is 6.12. The van der Waals surface area contributed by atoms with Crippen molar-refractivity contribution in [1.82, 2.24) is 9.62 Å². The second kappa shape index (κ2) is 8.59. The highest BCUT2D eigenvalue weighted by atomic mass is 32.2. The molecular formula is C19H29N3O5S. The monoisotopic (exact) mass is 411 g/mol. The van der Waals surface area contributed by atoms with Gasteiger partial charge in [-0.2, -0.15) is 0 Å². The summed E-state index contributed by atoms with van der Waals surface area (Å²) in [5.74, 6) is -0.777. The number of likely N-dealkylation sites (tertiary alicyclic amines) is 1. The number of nitrogens with one attached hydrogen (secondary N) is 2. The molecule has 1 aliphatic rings. The van der Waals surface area contributed by atoms with E-state index >= 15 is 0 Å². The van der Waals surface area contributed by atoms with Gasteiger partial charge in [-0.05, 0) is 52.0 Å². The minimum atomic E-state index is -3.63. The van der Waals surface area contributed by atoms with E-state index in [1.54, 1.807) is 32.8 Å². The molecule has 1 aromatic rings. The minimum absolute atomic E-state index is 0.0700. The third kappa shape index (κ3) is 5.76. The molecule has 0 radical (unpaired) electrons. The van der Waals surface area contributed by atoms with Gasteiger partial charge >= 0.3 is 0 Å². The normalized spacial score (nSPS) is 19.0. The van der Waals surface area contributed by atoms with Gasteiger partial charge in [-0.25, -0.2) is 13.1 Å². The molecule has 156 valence electrons. The Balaban J connectivity index is 2.01. The van der Waals surface area contributed by atoms with Crippen LogP contribution in [0.1, 0.15) is 34.1 Å². The smallest absolute Gasteiger partial charge is 0.241 e. The van der Waals surface area contributed by atoms with Crippen molar-refractivity contribution in [3.63, 3.8) is 0 Å². The van der Waals surface area contributed by atoms with E-state index in [1.165, 1.54) is 24.3 Å².